The van der Waals surface area contributed by atoms with Gasteiger partial charge in [0.1, 0.15) is 0 Å². The van der Waals surface area contributed by atoms with Gasteiger partial charge in [-0.25, -0.2) is 13.2 Å². The zero-order valence-electron chi connectivity index (χ0n) is 32.7. The third-order valence-corrected chi connectivity index (χ3v) is 18.2. The van der Waals surface area contributed by atoms with E-state index in [0.29, 0.717) is 30.0 Å². The van der Waals surface area contributed by atoms with E-state index in [1.165, 1.54) is 68.9 Å². The molecule has 0 radical (unpaired) electrons. The fourth-order valence-corrected chi connectivity index (χ4v) is 15.5. The summed E-state index contributed by atoms with van der Waals surface area (Å²) in [5, 5.41) is 13.7. The number of rotatable bonds is 9. The first kappa shape index (κ1) is 37.4. The van der Waals surface area contributed by atoms with Crippen molar-refractivity contribution < 1.29 is 18.3 Å². The monoisotopic (exact) mass is 741 g/mol. The number of hydrogen-bond donors (Lipinski definition) is 2. The molecule has 0 amide bonds. The Morgan fingerprint density at radius 1 is 0.811 bits per heavy atom. The minimum Gasteiger partial charge on any atom is -0.478 e. The average molecular weight is 742 g/mol. The predicted octanol–water partition coefficient (Wildman–Crippen LogP) is 8.33. The van der Waals surface area contributed by atoms with E-state index >= 15 is 0 Å². The number of sulfonamides is 1. The van der Waals surface area contributed by atoms with Crippen molar-refractivity contribution in [2.24, 2.45) is 45.8 Å². The normalized spacial score (nSPS) is 37.1. The van der Waals surface area contributed by atoms with Crippen molar-refractivity contribution in [3.63, 3.8) is 0 Å². The Kier molecular flexibility index (Phi) is 9.81. The van der Waals surface area contributed by atoms with Crippen LogP contribution in [0.3, 0.4) is 0 Å². The number of benzene rings is 2. The molecule has 7 nitrogen and oxygen atoms in total. The molecule has 0 aromatic heterocycles. The van der Waals surface area contributed by atoms with E-state index in [0.717, 1.165) is 61.8 Å². The topological polar surface area (TPSA) is 89.9 Å². The Morgan fingerprint density at radius 2 is 1.55 bits per heavy atom. The summed E-state index contributed by atoms with van der Waals surface area (Å²) in [6.45, 7) is 15.0. The van der Waals surface area contributed by atoms with Crippen LogP contribution in [0.25, 0.3) is 5.57 Å². The van der Waals surface area contributed by atoms with Gasteiger partial charge in [0.25, 0.3) is 0 Å². The summed E-state index contributed by atoms with van der Waals surface area (Å²) in [6.07, 6.45) is 15.6. The smallest absolute Gasteiger partial charge is 0.335 e. The van der Waals surface area contributed by atoms with E-state index in [4.69, 9.17) is 0 Å². The van der Waals surface area contributed by atoms with Crippen LogP contribution in [-0.2, 0) is 15.8 Å². The molecule has 4 unspecified atom stereocenters. The molecule has 5 fully saturated rings. The van der Waals surface area contributed by atoms with Crippen LogP contribution in [0.15, 0.2) is 60.7 Å². The lowest BCUT2D eigenvalue weighted by atomic mass is 9.37. The van der Waals surface area contributed by atoms with Gasteiger partial charge in [0.15, 0.2) is 0 Å². The number of carboxylic acid groups (broad SMARTS) is 1. The number of allylic oxidation sites excluding steroid dienone is 2. The Morgan fingerprint density at radius 3 is 2.26 bits per heavy atom. The molecule has 2 N–H and O–H groups in total. The van der Waals surface area contributed by atoms with Gasteiger partial charge in [0.05, 0.1) is 11.3 Å². The van der Waals surface area contributed by atoms with Gasteiger partial charge in [-0.05, 0) is 132 Å². The van der Waals surface area contributed by atoms with Gasteiger partial charge in [0.2, 0.25) is 10.0 Å². The minimum atomic E-state index is -3.30. The molecule has 8 atom stereocenters. The van der Waals surface area contributed by atoms with Gasteiger partial charge in [-0.1, -0.05) is 82.7 Å². The zero-order chi connectivity index (χ0) is 37.2. The molecular formula is C45H63N3O4S. The third kappa shape index (κ3) is 6.45. The molecule has 1 saturated heterocycles. The van der Waals surface area contributed by atoms with Gasteiger partial charge >= 0.3 is 5.97 Å². The number of piperazine rings is 1. The van der Waals surface area contributed by atoms with Crippen LogP contribution >= 0.6 is 0 Å². The number of aromatic carboxylic acids is 1. The molecule has 0 spiro atoms. The Hall–Kier alpha value is -2.52. The molecule has 5 aliphatic carbocycles. The summed E-state index contributed by atoms with van der Waals surface area (Å²) in [7, 11) is -3.30. The van der Waals surface area contributed by atoms with Crippen molar-refractivity contribution in [2.45, 2.75) is 103 Å². The minimum absolute atomic E-state index is 0.0378. The molecule has 53 heavy (non-hydrogen) atoms. The molecule has 0 bridgehead atoms. The van der Waals surface area contributed by atoms with E-state index in [1.807, 2.05) is 42.5 Å². The van der Waals surface area contributed by atoms with Crippen LogP contribution in [0.5, 0.6) is 0 Å². The van der Waals surface area contributed by atoms with Crippen molar-refractivity contribution in [1.82, 2.24) is 14.5 Å². The molecule has 1 heterocycles. The van der Waals surface area contributed by atoms with E-state index < -0.39 is 16.0 Å². The van der Waals surface area contributed by atoms with Crippen molar-refractivity contribution in [3.05, 3.63) is 77.4 Å². The number of fused-ring (bicyclic) bond motifs is 7. The van der Waals surface area contributed by atoms with Gasteiger partial charge in [-0.3, -0.25) is 4.90 Å². The van der Waals surface area contributed by atoms with Gasteiger partial charge in [-0.2, -0.15) is 4.31 Å². The summed E-state index contributed by atoms with van der Waals surface area (Å²) in [6, 6.07) is 17.2. The van der Waals surface area contributed by atoms with Gasteiger partial charge < -0.3 is 10.4 Å². The van der Waals surface area contributed by atoms with Crippen LogP contribution in [0.2, 0.25) is 0 Å². The largest absolute Gasteiger partial charge is 0.478 e. The van der Waals surface area contributed by atoms with Gasteiger partial charge in [-0.15, -0.1) is 0 Å². The summed E-state index contributed by atoms with van der Waals surface area (Å²) in [5.41, 5.74) is 4.77. The highest BCUT2D eigenvalue weighted by atomic mass is 32.2. The van der Waals surface area contributed by atoms with E-state index in [-0.39, 0.29) is 22.1 Å². The summed E-state index contributed by atoms with van der Waals surface area (Å²) in [4.78, 5) is 14.0. The lowest BCUT2D eigenvalue weighted by Gasteiger charge is -2.68. The molecular weight excluding hydrogens is 679 g/mol. The first-order chi connectivity index (χ1) is 25.3. The van der Waals surface area contributed by atoms with Crippen LogP contribution < -0.4 is 5.32 Å². The van der Waals surface area contributed by atoms with Crippen molar-refractivity contribution in [3.8, 4) is 0 Å². The second kappa shape index (κ2) is 13.9. The second-order valence-electron chi connectivity index (χ2n) is 19.0. The summed E-state index contributed by atoms with van der Waals surface area (Å²) < 4.78 is 27.9. The quantitative estimate of drug-likeness (QED) is 0.269. The first-order valence-electron chi connectivity index (χ1n) is 20.8. The zero-order valence-corrected chi connectivity index (χ0v) is 33.5. The van der Waals surface area contributed by atoms with Crippen molar-refractivity contribution in [2.75, 3.05) is 39.3 Å². The second-order valence-corrected chi connectivity index (χ2v) is 21.0. The fourth-order valence-electron chi connectivity index (χ4n) is 14.0. The van der Waals surface area contributed by atoms with Crippen LogP contribution in [0.1, 0.15) is 113 Å². The lowest BCUT2D eigenvalue weighted by Crippen LogP contribution is -2.64. The number of hydrogen-bond acceptors (Lipinski definition) is 5. The highest BCUT2D eigenvalue weighted by Crippen LogP contribution is 2.72. The molecule has 4 saturated carbocycles. The molecule has 6 aliphatic rings. The predicted molar refractivity (Wildman–Crippen MR) is 213 cm³/mol. The maximum atomic E-state index is 13.1. The molecule has 288 valence electrons. The number of carboxylic acids is 1. The highest BCUT2D eigenvalue weighted by molar-refractivity contribution is 7.88. The fraction of sp³-hybridized carbons (Fsp3) is 0.667. The van der Waals surface area contributed by atoms with Crippen LogP contribution in [-0.4, -0.2) is 73.5 Å². The summed E-state index contributed by atoms with van der Waals surface area (Å²) >= 11 is 0. The third-order valence-electron chi connectivity index (χ3n) is 16.4. The molecule has 8 rings (SSSR count). The van der Waals surface area contributed by atoms with Crippen LogP contribution in [0, 0.1) is 45.8 Å². The Bertz CT molecular complexity index is 1800. The van der Waals surface area contributed by atoms with Crippen LogP contribution in [0.4, 0.5) is 0 Å². The van der Waals surface area contributed by atoms with E-state index in [9.17, 15) is 18.3 Å². The maximum Gasteiger partial charge on any atom is 0.335 e. The number of nitrogens with one attached hydrogen (secondary N) is 1. The molecule has 2 aromatic carbocycles. The van der Waals surface area contributed by atoms with Gasteiger partial charge in [0, 0.05) is 44.8 Å². The highest BCUT2D eigenvalue weighted by Gasteiger charge is 2.65. The summed E-state index contributed by atoms with van der Waals surface area (Å²) in [5.74, 6) is 2.96. The Balaban J connectivity index is 0.903. The number of nitrogens with zero attached hydrogens (tertiary/aromatic N) is 2. The molecule has 8 heteroatoms. The van der Waals surface area contributed by atoms with Crippen molar-refractivity contribution in [1.29, 1.82) is 0 Å². The Labute approximate surface area is 319 Å². The standard InChI is InChI=1S/C45H63N3O4S/c1-42(2)36(33-12-14-34(15-13-33)41(49)50)18-22-44(4)39(42)20-23-43(3)37-19-24-45(21-8-11-38(45)35(37)16-17-40(43)44)46-25-26-47-27-29-48(30-28-47)53(51,52)31-32-9-6-5-7-10-32/h5-7,9-10,12-15,18,35,37-40,46H,8,11,16-17,19-31H2,1-4H3,(H,49,50)/t35-,37?,38?,39?,40?,43-,44-,45-/m0/s1. The van der Waals surface area contributed by atoms with E-state index in [1.54, 1.807) is 16.4 Å². The molecule has 2 aromatic rings. The lowest BCUT2D eigenvalue weighted by molar-refractivity contribution is -0.172. The SMILES string of the molecule is CC1(C)C(c2ccc(C(=O)O)cc2)=CC[C@@]2(C)C1CC[C@@]1(C)C3CC[C@@]4(NCCN5CCN(S(=O)(=O)Cc6ccccc6)CC5)CCCC4[C@H]3CCC12. The number of carbonyl (C=O) groups is 1. The average Bonchev–Trinajstić information content (AvgIpc) is 3.56. The van der Waals surface area contributed by atoms with E-state index in [2.05, 4.69) is 44.0 Å². The van der Waals surface area contributed by atoms with Crippen molar-refractivity contribution >= 4 is 21.6 Å². The molecule has 1 aliphatic heterocycles. The maximum absolute atomic E-state index is 13.1. The first-order valence-corrected chi connectivity index (χ1v) is 22.4.